The summed E-state index contributed by atoms with van der Waals surface area (Å²) < 4.78 is 31.3. The maximum atomic E-state index is 13.5. The van der Waals surface area contributed by atoms with Crippen LogP contribution in [0.15, 0.2) is 48.5 Å². The van der Waals surface area contributed by atoms with Crippen molar-refractivity contribution in [3.63, 3.8) is 0 Å². The summed E-state index contributed by atoms with van der Waals surface area (Å²) >= 11 is 5.93. The van der Waals surface area contributed by atoms with Crippen LogP contribution in [0.3, 0.4) is 0 Å². The molecule has 10 heteroatoms. The second-order valence-corrected chi connectivity index (χ2v) is 10.8. The second-order valence-electron chi connectivity index (χ2n) is 8.43. The molecule has 2 rings (SSSR count). The quantitative estimate of drug-likeness (QED) is 0.501. The Balaban J connectivity index is 2.37. The van der Waals surface area contributed by atoms with Crippen molar-refractivity contribution in [2.45, 2.75) is 33.4 Å². The lowest BCUT2D eigenvalue weighted by Crippen LogP contribution is -2.51. The van der Waals surface area contributed by atoms with Gasteiger partial charge in [-0.25, -0.2) is 8.42 Å². The first-order chi connectivity index (χ1) is 15.9. The van der Waals surface area contributed by atoms with E-state index in [9.17, 15) is 18.0 Å². The summed E-state index contributed by atoms with van der Waals surface area (Å²) in [6, 6.07) is 12.5. The van der Waals surface area contributed by atoms with Gasteiger partial charge in [-0.2, -0.15) is 0 Å². The van der Waals surface area contributed by atoms with E-state index >= 15 is 0 Å². The van der Waals surface area contributed by atoms with Crippen molar-refractivity contribution in [2.75, 3.05) is 30.8 Å². The van der Waals surface area contributed by atoms with Crippen LogP contribution in [-0.2, 0) is 26.2 Å². The highest BCUT2D eigenvalue weighted by atomic mass is 35.5. The van der Waals surface area contributed by atoms with Gasteiger partial charge in [-0.15, -0.1) is 0 Å². The number of hydrogen-bond donors (Lipinski definition) is 1. The molecule has 0 bridgehead atoms. The summed E-state index contributed by atoms with van der Waals surface area (Å²) in [5.41, 5.74) is 1.05. The third-order valence-electron chi connectivity index (χ3n) is 5.13. The predicted octanol–water partition coefficient (Wildman–Crippen LogP) is 3.30. The number of sulfonamides is 1. The minimum absolute atomic E-state index is 0.102. The summed E-state index contributed by atoms with van der Waals surface area (Å²) in [6.07, 6.45) is 1.03. The molecule has 0 saturated carbocycles. The van der Waals surface area contributed by atoms with E-state index in [-0.39, 0.29) is 18.4 Å². The molecule has 8 nitrogen and oxygen atoms in total. The van der Waals surface area contributed by atoms with Gasteiger partial charge in [0.15, 0.2) is 0 Å². The van der Waals surface area contributed by atoms with Crippen molar-refractivity contribution in [3.8, 4) is 5.75 Å². The fraction of sp³-hybridized carbons (Fsp3) is 0.417. The normalized spacial score (nSPS) is 12.2. The number of benzene rings is 2. The van der Waals surface area contributed by atoms with Gasteiger partial charge in [0.25, 0.3) is 0 Å². The number of rotatable bonds is 11. The fourth-order valence-corrected chi connectivity index (χ4v) is 4.20. The molecule has 0 fully saturated rings. The molecule has 0 heterocycles. The molecular formula is C24H32ClN3O5S. The molecule has 34 heavy (non-hydrogen) atoms. The molecule has 0 aromatic heterocycles. The van der Waals surface area contributed by atoms with E-state index < -0.39 is 28.5 Å². The zero-order valence-corrected chi connectivity index (χ0v) is 21.7. The fourth-order valence-electron chi connectivity index (χ4n) is 3.22. The molecule has 0 unspecified atom stereocenters. The summed E-state index contributed by atoms with van der Waals surface area (Å²) in [7, 11) is -2.25. The Morgan fingerprint density at radius 3 is 2.29 bits per heavy atom. The lowest BCUT2D eigenvalue weighted by Gasteiger charge is -2.31. The lowest BCUT2D eigenvalue weighted by molar-refractivity contribution is -0.139. The van der Waals surface area contributed by atoms with Gasteiger partial charge in [-0.05, 0) is 54.8 Å². The number of ether oxygens (including phenoxy) is 1. The van der Waals surface area contributed by atoms with Crippen LogP contribution >= 0.6 is 11.6 Å². The minimum atomic E-state index is -3.79. The van der Waals surface area contributed by atoms with E-state index in [2.05, 4.69) is 5.32 Å². The van der Waals surface area contributed by atoms with Gasteiger partial charge < -0.3 is 15.0 Å². The summed E-state index contributed by atoms with van der Waals surface area (Å²) in [5.74, 6) is 0.0165. The molecule has 2 aromatic rings. The largest absolute Gasteiger partial charge is 0.497 e. The van der Waals surface area contributed by atoms with Crippen LogP contribution < -0.4 is 14.4 Å². The van der Waals surface area contributed by atoms with Crippen LogP contribution in [-0.4, -0.2) is 57.6 Å². The Hall–Kier alpha value is -2.78. The number of hydrogen-bond acceptors (Lipinski definition) is 5. The molecule has 1 atom stereocenters. The maximum Gasteiger partial charge on any atom is 0.244 e. The van der Waals surface area contributed by atoms with Gasteiger partial charge in [0.1, 0.15) is 18.3 Å². The van der Waals surface area contributed by atoms with Gasteiger partial charge in [0, 0.05) is 18.1 Å². The molecule has 2 aromatic carbocycles. The van der Waals surface area contributed by atoms with Crippen LogP contribution in [0.4, 0.5) is 5.69 Å². The second kappa shape index (κ2) is 12.1. The molecule has 2 amide bonds. The lowest BCUT2D eigenvalue weighted by atomic mass is 10.1. The number of methoxy groups -OCH3 is 1. The number of anilines is 1. The van der Waals surface area contributed by atoms with Crippen molar-refractivity contribution >= 4 is 39.1 Å². The van der Waals surface area contributed by atoms with Crippen molar-refractivity contribution in [2.24, 2.45) is 5.92 Å². The van der Waals surface area contributed by atoms with Gasteiger partial charge in [0.2, 0.25) is 21.8 Å². The van der Waals surface area contributed by atoms with E-state index in [4.69, 9.17) is 16.3 Å². The van der Waals surface area contributed by atoms with Crippen LogP contribution in [0.25, 0.3) is 0 Å². The summed E-state index contributed by atoms with van der Waals surface area (Å²) in [6.45, 7) is 5.67. The highest BCUT2D eigenvalue weighted by molar-refractivity contribution is 7.92. The molecule has 0 spiro atoms. The van der Waals surface area contributed by atoms with E-state index in [1.54, 1.807) is 44.4 Å². The highest BCUT2D eigenvalue weighted by Gasteiger charge is 2.30. The Bertz CT molecular complexity index is 1090. The molecule has 1 N–H and O–H groups in total. The topological polar surface area (TPSA) is 96.0 Å². The van der Waals surface area contributed by atoms with Crippen LogP contribution in [0, 0.1) is 5.92 Å². The molecule has 0 aliphatic carbocycles. The number of carbonyl (C=O) groups excluding carboxylic acids is 2. The number of halogens is 1. The average molecular weight is 510 g/mol. The molecule has 0 aliphatic heterocycles. The Morgan fingerprint density at radius 1 is 1.09 bits per heavy atom. The first-order valence-corrected chi connectivity index (χ1v) is 13.1. The third-order valence-corrected chi connectivity index (χ3v) is 6.53. The maximum absolute atomic E-state index is 13.5. The number of amides is 2. The van der Waals surface area contributed by atoms with E-state index in [0.717, 1.165) is 16.1 Å². The number of nitrogens with zero attached hydrogens (tertiary/aromatic N) is 2. The number of carbonyl (C=O) groups is 2. The molecule has 0 saturated heterocycles. The standard InChI is InChI=1S/C24H32ClN3O5S/c1-17(2)14-26-24(30)18(3)27(15-19-7-6-8-22(13-19)33-4)23(29)16-28(34(5,31)32)21-11-9-20(25)10-12-21/h6-13,17-18H,14-16H2,1-5H3,(H,26,30)/t18-/m0/s1. The van der Waals surface area contributed by atoms with Crippen molar-refractivity contribution in [1.29, 1.82) is 0 Å². The Labute approximate surface area is 206 Å². The zero-order valence-electron chi connectivity index (χ0n) is 20.1. The van der Waals surface area contributed by atoms with Crippen molar-refractivity contribution in [3.05, 3.63) is 59.1 Å². The van der Waals surface area contributed by atoms with Crippen molar-refractivity contribution in [1.82, 2.24) is 10.2 Å². The van der Waals surface area contributed by atoms with Gasteiger partial charge in [-0.3, -0.25) is 13.9 Å². The molecule has 0 aliphatic rings. The SMILES string of the molecule is COc1cccc(CN(C(=O)CN(c2ccc(Cl)cc2)S(C)(=O)=O)[C@@H](C)C(=O)NCC(C)C)c1. The summed E-state index contributed by atoms with van der Waals surface area (Å²) in [4.78, 5) is 27.7. The molecular weight excluding hydrogens is 478 g/mol. The summed E-state index contributed by atoms with van der Waals surface area (Å²) in [5, 5.41) is 3.29. The molecule has 186 valence electrons. The highest BCUT2D eigenvalue weighted by Crippen LogP contribution is 2.22. The van der Waals surface area contributed by atoms with Crippen LogP contribution in [0.1, 0.15) is 26.3 Å². The number of nitrogens with one attached hydrogen (secondary N) is 1. The van der Waals surface area contributed by atoms with E-state index in [1.807, 2.05) is 19.9 Å². The van der Waals surface area contributed by atoms with E-state index in [0.29, 0.717) is 23.0 Å². The first kappa shape index (κ1) is 27.5. The predicted molar refractivity (Wildman–Crippen MR) is 134 cm³/mol. The average Bonchev–Trinajstić information content (AvgIpc) is 2.78. The monoisotopic (exact) mass is 509 g/mol. The minimum Gasteiger partial charge on any atom is -0.497 e. The first-order valence-electron chi connectivity index (χ1n) is 10.9. The van der Waals surface area contributed by atoms with E-state index in [1.165, 1.54) is 17.0 Å². The van der Waals surface area contributed by atoms with Gasteiger partial charge >= 0.3 is 0 Å². The van der Waals surface area contributed by atoms with Crippen LogP contribution in [0.2, 0.25) is 5.02 Å². The molecule has 0 radical (unpaired) electrons. The smallest absolute Gasteiger partial charge is 0.244 e. The van der Waals surface area contributed by atoms with Crippen LogP contribution in [0.5, 0.6) is 5.75 Å². The van der Waals surface area contributed by atoms with Gasteiger partial charge in [0.05, 0.1) is 19.1 Å². The van der Waals surface area contributed by atoms with Gasteiger partial charge in [-0.1, -0.05) is 37.6 Å². The van der Waals surface area contributed by atoms with Crippen molar-refractivity contribution < 1.29 is 22.7 Å². The Morgan fingerprint density at radius 2 is 1.74 bits per heavy atom. The zero-order chi connectivity index (χ0) is 25.5. The third kappa shape index (κ3) is 7.92. The Kier molecular flexibility index (Phi) is 9.76.